The average molecular weight is 267 g/mol. The third kappa shape index (κ3) is 1.82. The molecule has 1 aromatic heterocycles. The molecule has 0 saturated carbocycles. The van der Waals surface area contributed by atoms with Gasteiger partial charge in [-0.1, -0.05) is 11.6 Å². The quantitative estimate of drug-likeness (QED) is 0.862. The summed E-state index contributed by atoms with van der Waals surface area (Å²) in [5.74, 6) is 0. The van der Waals surface area contributed by atoms with Gasteiger partial charge in [-0.25, -0.2) is 0 Å². The highest BCUT2D eigenvalue weighted by Gasteiger charge is 2.10. The van der Waals surface area contributed by atoms with Gasteiger partial charge >= 0.3 is 0 Å². The van der Waals surface area contributed by atoms with Gasteiger partial charge in [0.05, 0.1) is 0 Å². The van der Waals surface area contributed by atoms with Gasteiger partial charge in [0.1, 0.15) is 0 Å². The molecule has 0 bridgehead atoms. The summed E-state index contributed by atoms with van der Waals surface area (Å²) in [6, 6.07) is 4.39. The van der Waals surface area contributed by atoms with Gasteiger partial charge in [0, 0.05) is 27.5 Å². The van der Waals surface area contributed by atoms with Crippen LogP contribution in [0.25, 0.3) is 10.9 Å². The average Bonchev–Trinajstić information content (AvgIpc) is 2.47. The zero-order valence-electron chi connectivity index (χ0n) is 9.02. The standard InChI is InChI=1S/C12H15BrN2/c1-7-5-8(2)12-9(6-7)11(13)10(15-12)3-4-14/h5-6,15H,3-4,14H2,1-2H3. The van der Waals surface area contributed by atoms with E-state index in [1.165, 1.54) is 27.7 Å². The molecule has 0 aliphatic heterocycles. The van der Waals surface area contributed by atoms with Crippen molar-refractivity contribution in [2.45, 2.75) is 20.3 Å². The number of hydrogen-bond donors (Lipinski definition) is 2. The van der Waals surface area contributed by atoms with Crippen LogP contribution in [0.5, 0.6) is 0 Å². The lowest BCUT2D eigenvalue weighted by atomic mass is 10.1. The Bertz CT molecular complexity index is 500. The summed E-state index contributed by atoms with van der Waals surface area (Å²) in [4.78, 5) is 3.43. The van der Waals surface area contributed by atoms with Crippen molar-refractivity contribution in [2.75, 3.05) is 6.54 Å². The number of hydrogen-bond acceptors (Lipinski definition) is 1. The molecular weight excluding hydrogens is 252 g/mol. The lowest BCUT2D eigenvalue weighted by Crippen LogP contribution is -2.03. The van der Waals surface area contributed by atoms with E-state index in [1.54, 1.807) is 0 Å². The van der Waals surface area contributed by atoms with E-state index < -0.39 is 0 Å². The number of fused-ring (bicyclic) bond motifs is 1. The Morgan fingerprint density at radius 3 is 2.73 bits per heavy atom. The van der Waals surface area contributed by atoms with E-state index in [4.69, 9.17) is 5.73 Å². The molecule has 1 heterocycles. The molecular formula is C12H15BrN2. The Morgan fingerprint density at radius 1 is 1.33 bits per heavy atom. The van der Waals surface area contributed by atoms with Crippen molar-refractivity contribution in [1.82, 2.24) is 4.98 Å². The first kappa shape index (κ1) is 10.7. The Morgan fingerprint density at radius 2 is 2.07 bits per heavy atom. The fourth-order valence-corrected chi connectivity index (χ4v) is 2.60. The minimum atomic E-state index is 0.670. The van der Waals surface area contributed by atoms with Gasteiger partial charge in [-0.05, 0) is 48.0 Å². The van der Waals surface area contributed by atoms with Gasteiger partial charge in [0.15, 0.2) is 0 Å². The number of benzene rings is 1. The summed E-state index contributed by atoms with van der Waals surface area (Å²) in [5.41, 5.74) is 10.6. The maximum Gasteiger partial charge on any atom is 0.0497 e. The maximum atomic E-state index is 5.58. The first-order valence-corrected chi connectivity index (χ1v) is 5.90. The highest BCUT2D eigenvalue weighted by atomic mass is 79.9. The van der Waals surface area contributed by atoms with E-state index in [9.17, 15) is 0 Å². The fraction of sp³-hybridized carbons (Fsp3) is 0.333. The van der Waals surface area contributed by atoms with Gasteiger partial charge in [-0.2, -0.15) is 0 Å². The van der Waals surface area contributed by atoms with Crippen LogP contribution < -0.4 is 5.73 Å². The monoisotopic (exact) mass is 266 g/mol. The number of nitrogens with two attached hydrogens (primary N) is 1. The fourth-order valence-electron chi connectivity index (χ4n) is 1.99. The Kier molecular flexibility index (Phi) is 2.85. The molecule has 0 amide bonds. The summed E-state index contributed by atoms with van der Waals surface area (Å²) >= 11 is 3.63. The van der Waals surface area contributed by atoms with Gasteiger partial charge in [-0.3, -0.25) is 0 Å². The summed E-state index contributed by atoms with van der Waals surface area (Å²) in [6.45, 7) is 4.92. The predicted molar refractivity (Wildman–Crippen MR) is 68.2 cm³/mol. The van der Waals surface area contributed by atoms with E-state index in [0.717, 1.165) is 10.9 Å². The topological polar surface area (TPSA) is 41.8 Å². The molecule has 2 rings (SSSR count). The third-order valence-corrected chi connectivity index (χ3v) is 3.56. The summed E-state index contributed by atoms with van der Waals surface area (Å²) in [5, 5.41) is 1.26. The normalized spacial score (nSPS) is 11.2. The maximum absolute atomic E-state index is 5.58. The van der Waals surface area contributed by atoms with Crippen molar-refractivity contribution in [3.05, 3.63) is 33.4 Å². The Hall–Kier alpha value is -0.800. The summed E-state index contributed by atoms with van der Waals surface area (Å²) in [6.07, 6.45) is 0.883. The lowest BCUT2D eigenvalue weighted by Gasteiger charge is -1.98. The minimum absolute atomic E-state index is 0.670. The molecule has 3 heteroatoms. The molecule has 2 aromatic rings. The van der Waals surface area contributed by atoms with Gasteiger partial charge in [0.2, 0.25) is 0 Å². The molecule has 0 fully saturated rings. The van der Waals surface area contributed by atoms with E-state index in [2.05, 4.69) is 46.9 Å². The van der Waals surface area contributed by atoms with Crippen LogP contribution in [-0.2, 0) is 6.42 Å². The molecule has 0 unspecified atom stereocenters. The van der Waals surface area contributed by atoms with Crippen LogP contribution in [0.15, 0.2) is 16.6 Å². The molecule has 2 nitrogen and oxygen atoms in total. The number of aromatic amines is 1. The number of nitrogens with one attached hydrogen (secondary N) is 1. The molecule has 1 aromatic carbocycles. The van der Waals surface area contributed by atoms with Crippen molar-refractivity contribution >= 4 is 26.8 Å². The molecule has 0 aliphatic rings. The van der Waals surface area contributed by atoms with Gasteiger partial charge in [0.25, 0.3) is 0 Å². The van der Waals surface area contributed by atoms with Crippen LogP contribution in [0, 0.1) is 13.8 Å². The largest absolute Gasteiger partial charge is 0.357 e. The van der Waals surface area contributed by atoms with Crippen molar-refractivity contribution in [2.24, 2.45) is 5.73 Å². The number of aryl methyl sites for hydroxylation is 2. The second-order valence-electron chi connectivity index (χ2n) is 3.96. The predicted octanol–water partition coefficient (Wildman–Crippen LogP) is 3.05. The van der Waals surface area contributed by atoms with Crippen molar-refractivity contribution in [3.8, 4) is 0 Å². The molecule has 0 saturated heterocycles. The molecule has 0 atom stereocenters. The van der Waals surface area contributed by atoms with Crippen LogP contribution in [0.2, 0.25) is 0 Å². The number of aromatic nitrogens is 1. The minimum Gasteiger partial charge on any atom is -0.357 e. The van der Waals surface area contributed by atoms with Crippen molar-refractivity contribution in [3.63, 3.8) is 0 Å². The SMILES string of the molecule is Cc1cc(C)c2[nH]c(CCN)c(Br)c2c1. The first-order chi connectivity index (χ1) is 7.13. The lowest BCUT2D eigenvalue weighted by molar-refractivity contribution is 0.934. The number of H-pyrrole nitrogens is 1. The third-order valence-electron chi connectivity index (χ3n) is 2.65. The Balaban J connectivity index is 2.70. The van der Waals surface area contributed by atoms with Crippen LogP contribution in [-0.4, -0.2) is 11.5 Å². The van der Waals surface area contributed by atoms with Crippen molar-refractivity contribution in [1.29, 1.82) is 0 Å². The number of rotatable bonds is 2. The Labute approximate surface area is 98.0 Å². The smallest absolute Gasteiger partial charge is 0.0497 e. The van der Waals surface area contributed by atoms with Gasteiger partial charge in [-0.15, -0.1) is 0 Å². The summed E-state index contributed by atoms with van der Waals surface area (Å²) in [7, 11) is 0. The van der Waals surface area contributed by atoms with Crippen molar-refractivity contribution < 1.29 is 0 Å². The number of halogens is 1. The summed E-state index contributed by atoms with van der Waals surface area (Å²) < 4.78 is 1.16. The molecule has 3 N–H and O–H groups in total. The van der Waals surface area contributed by atoms with Crippen LogP contribution in [0.4, 0.5) is 0 Å². The first-order valence-electron chi connectivity index (χ1n) is 5.11. The highest BCUT2D eigenvalue weighted by Crippen LogP contribution is 2.30. The van der Waals surface area contributed by atoms with Gasteiger partial charge < -0.3 is 10.7 Å². The molecule has 0 aliphatic carbocycles. The second-order valence-corrected chi connectivity index (χ2v) is 4.75. The van der Waals surface area contributed by atoms with Crippen LogP contribution in [0.1, 0.15) is 16.8 Å². The zero-order valence-corrected chi connectivity index (χ0v) is 10.6. The second kappa shape index (κ2) is 3.99. The highest BCUT2D eigenvalue weighted by molar-refractivity contribution is 9.10. The van der Waals surface area contributed by atoms with E-state index in [0.29, 0.717) is 6.54 Å². The van der Waals surface area contributed by atoms with E-state index in [1.807, 2.05) is 0 Å². The molecule has 0 spiro atoms. The van der Waals surface area contributed by atoms with E-state index >= 15 is 0 Å². The molecule has 0 radical (unpaired) electrons. The van der Waals surface area contributed by atoms with Crippen LogP contribution in [0.3, 0.4) is 0 Å². The van der Waals surface area contributed by atoms with Crippen LogP contribution >= 0.6 is 15.9 Å². The molecule has 15 heavy (non-hydrogen) atoms. The molecule has 80 valence electrons. The zero-order chi connectivity index (χ0) is 11.0. The van der Waals surface area contributed by atoms with E-state index in [-0.39, 0.29) is 0 Å².